The summed E-state index contributed by atoms with van der Waals surface area (Å²) in [4.78, 5) is 35.3. The smallest absolute Gasteiger partial charge is 0.328 e. The summed E-state index contributed by atoms with van der Waals surface area (Å²) in [5.41, 5.74) is 1.55. The SMILES string of the molecule is O=C(O)CCn1ccc2ccc(N3CCC(=O)NC3=O)cc21. The highest BCUT2D eigenvalue weighted by Gasteiger charge is 2.24. The molecule has 0 aliphatic carbocycles. The van der Waals surface area contributed by atoms with Crippen molar-refractivity contribution in [3.8, 4) is 0 Å². The predicted octanol–water partition coefficient (Wildman–Crippen LogP) is 1.56. The number of carboxylic acid groups (broad SMARTS) is 1. The van der Waals surface area contributed by atoms with Crippen molar-refractivity contribution >= 4 is 34.5 Å². The number of carboxylic acids is 1. The minimum Gasteiger partial charge on any atom is -0.481 e. The van der Waals surface area contributed by atoms with E-state index in [1.165, 1.54) is 4.90 Å². The van der Waals surface area contributed by atoms with Crippen LogP contribution < -0.4 is 10.2 Å². The number of nitrogens with zero attached hydrogens (tertiary/aromatic N) is 2. The Hall–Kier alpha value is -2.83. The van der Waals surface area contributed by atoms with Crippen molar-refractivity contribution in [2.24, 2.45) is 0 Å². The van der Waals surface area contributed by atoms with Gasteiger partial charge in [0.2, 0.25) is 5.91 Å². The fourth-order valence-corrected chi connectivity index (χ4v) is 2.56. The Morgan fingerprint density at radius 1 is 1.27 bits per heavy atom. The summed E-state index contributed by atoms with van der Waals surface area (Å²) >= 11 is 0. The lowest BCUT2D eigenvalue weighted by molar-refractivity contribution is -0.137. The van der Waals surface area contributed by atoms with E-state index in [0.717, 1.165) is 10.9 Å². The monoisotopic (exact) mass is 301 g/mol. The molecule has 0 atom stereocenters. The molecule has 0 spiro atoms. The molecule has 0 bridgehead atoms. The molecule has 1 aliphatic rings. The Kier molecular flexibility index (Phi) is 3.54. The molecule has 1 aliphatic heterocycles. The largest absolute Gasteiger partial charge is 0.481 e. The van der Waals surface area contributed by atoms with Crippen LogP contribution in [0.3, 0.4) is 0 Å². The van der Waals surface area contributed by atoms with Crippen molar-refractivity contribution in [3.63, 3.8) is 0 Å². The van der Waals surface area contributed by atoms with E-state index >= 15 is 0 Å². The van der Waals surface area contributed by atoms with Crippen LogP contribution in [0.2, 0.25) is 0 Å². The summed E-state index contributed by atoms with van der Waals surface area (Å²) < 4.78 is 1.85. The lowest BCUT2D eigenvalue weighted by Gasteiger charge is -2.26. The number of anilines is 1. The molecule has 0 saturated carbocycles. The van der Waals surface area contributed by atoms with E-state index in [1.807, 2.05) is 35.0 Å². The standard InChI is InChI=1S/C15H15N3O4/c19-13-4-8-18(15(22)16-13)11-2-1-10-3-6-17(12(10)9-11)7-5-14(20)21/h1-3,6,9H,4-5,7-8H2,(H,20,21)(H,16,19,22). The van der Waals surface area contributed by atoms with Crippen LogP contribution in [-0.2, 0) is 16.1 Å². The minimum absolute atomic E-state index is 0.0344. The van der Waals surface area contributed by atoms with E-state index in [0.29, 0.717) is 18.8 Å². The van der Waals surface area contributed by atoms with E-state index in [1.54, 1.807) is 0 Å². The van der Waals surface area contributed by atoms with Gasteiger partial charge in [0.1, 0.15) is 0 Å². The minimum atomic E-state index is -0.855. The lowest BCUT2D eigenvalue weighted by atomic mass is 10.2. The fraction of sp³-hybridized carbons (Fsp3) is 0.267. The maximum Gasteiger partial charge on any atom is 0.328 e. The summed E-state index contributed by atoms with van der Waals surface area (Å²) in [6.45, 7) is 0.707. The second kappa shape index (κ2) is 5.51. The molecule has 1 fully saturated rings. The molecule has 3 amide bonds. The number of carbonyl (C=O) groups is 3. The topological polar surface area (TPSA) is 91.6 Å². The molecule has 0 unspecified atom stereocenters. The van der Waals surface area contributed by atoms with Gasteiger partial charge in [0.15, 0.2) is 0 Å². The van der Waals surface area contributed by atoms with E-state index in [-0.39, 0.29) is 18.7 Å². The zero-order valence-electron chi connectivity index (χ0n) is 11.8. The molecule has 1 aromatic heterocycles. The number of nitrogens with one attached hydrogen (secondary N) is 1. The summed E-state index contributed by atoms with van der Waals surface area (Å²) in [6, 6.07) is 7.01. The van der Waals surface area contributed by atoms with Crippen LogP contribution in [0, 0.1) is 0 Å². The Bertz CT molecular complexity index is 765. The number of rotatable bonds is 4. The van der Waals surface area contributed by atoms with Gasteiger partial charge >= 0.3 is 12.0 Å². The van der Waals surface area contributed by atoms with Crippen molar-refractivity contribution in [2.45, 2.75) is 19.4 Å². The van der Waals surface area contributed by atoms with Crippen LogP contribution in [0.25, 0.3) is 10.9 Å². The molecular formula is C15H15N3O4. The van der Waals surface area contributed by atoms with Crippen molar-refractivity contribution in [1.29, 1.82) is 0 Å². The van der Waals surface area contributed by atoms with E-state index in [4.69, 9.17) is 5.11 Å². The number of urea groups is 1. The quantitative estimate of drug-likeness (QED) is 0.896. The normalized spacial score (nSPS) is 15.2. The second-order valence-corrected chi connectivity index (χ2v) is 5.15. The van der Waals surface area contributed by atoms with E-state index in [9.17, 15) is 14.4 Å². The summed E-state index contributed by atoms with van der Waals surface area (Å²) in [7, 11) is 0. The Balaban J connectivity index is 1.91. The van der Waals surface area contributed by atoms with Crippen LogP contribution in [0.15, 0.2) is 30.5 Å². The zero-order chi connectivity index (χ0) is 15.7. The van der Waals surface area contributed by atoms with Gasteiger partial charge in [0.25, 0.3) is 0 Å². The number of amides is 3. The third-order valence-corrected chi connectivity index (χ3v) is 3.69. The Labute approximate surface area is 126 Å². The van der Waals surface area contributed by atoms with Gasteiger partial charge in [0.05, 0.1) is 11.9 Å². The third kappa shape index (κ3) is 2.65. The fourth-order valence-electron chi connectivity index (χ4n) is 2.56. The van der Waals surface area contributed by atoms with E-state index in [2.05, 4.69) is 5.32 Å². The Morgan fingerprint density at radius 2 is 2.09 bits per heavy atom. The number of hydrogen-bond donors (Lipinski definition) is 2. The summed E-state index contributed by atoms with van der Waals surface area (Å²) in [5.74, 6) is -1.13. The average Bonchev–Trinajstić information content (AvgIpc) is 2.87. The predicted molar refractivity (Wildman–Crippen MR) is 79.7 cm³/mol. The molecule has 1 saturated heterocycles. The molecule has 114 valence electrons. The highest BCUT2D eigenvalue weighted by Crippen LogP contribution is 2.24. The average molecular weight is 301 g/mol. The summed E-state index contributed by atoms with van der Waals surface area (Å²) in [6.07, 6.45) is 2.13. The van der Waals surface area contributed by atoms with Crippen LogP contribution >= 0.6 is 0 Å². The van der Waals surface area contributed by atoms with Gasteiger partial charge in [-0.1, -0.05) is 6.07 Å². The highest BCUT2D eigenvalue weighted by molar-refractivity contribution is 6.06. The number of aryl methyl sites for hydroxylation is 1. The number of aliphatic carboxylic acids is 1. The van der Waals surface area contributed by atoms with Crippen LogP contribution in [0.5, 0.6) is 0 Å². The molecule has 2 aromatic rings. The van der Waals surface area contributed by atoms with Crippen molar-refractivity contribution in [2.75, 3.05) is 11.4 Å². The van der Waals surface area contributed by atoms with Gasteiger partial charge in [-0.05, 0) is 23.6 Å². The second-order valence-electron chi connectivity index (χ2n) is 5.15. The van der Waals surface area contributed by atoms with Crippen LogP contribution in [0.1, 0.15) is 12.8 Å². The third-order valence-electron chi connectivity index (χ3n) is 3.69. The molecule has 22 heavy (non-hydrogen) atoms. The number of aromatic nitrogens is 1. The van der Waals surface area contributed by atoms with Gasteiger partial charge in [0, 0.05) is 31.4 Å². The first kappa shape index (κ1) is 14.1. The van der Waals surface area contributed by atoms with E-state index < -0.39 is 12.0 Å². The molecule has 2 N–H and O–H groups in total. The number of carbonyl (C=O) groups excluding carboxylic acids is 2. The Morgan fingerprint density at radius 3 is 2.82 bits per heavy atom. The van der Waals surface area contributed by atoms with Crippen LogP contribution in [-0.4, -0.2) is 34.1 Å². The summed E-state index contributed by atoms with van der Waals surface area (Å²) in [5, 5.41) is 12.1. The molecule has 3 rings (SSSR count). The number of benzene rings is 1. The van der Waals surface area contributed by atoms with Gasteiger partial charge in [-0.25, -0.2) is 4.79 Å². The molecule has 1 aromatic carbocycles. The van der Waals surface area contributed by atoms with Crippen molar-refractivity contribution in [3.05, 3.63) is 30.5 Å². The van der Waals surface area contributed by atoms with Gasteiger partial charge in [-0.3, -0.25) is 19.8 Å². The van der Waals surface area contributed by atoms with Crippen molar-refractivity contribution < 1.29 is 19.5 Å². The first-order valence-corrected chi connectivity index (χ1v) is 6.96. The molecular weight excluding hydrogens is 286 g/mol. The lowest BCUT2D eigenvalue weighted by Crippen LogP contribution is -2.49. The van der Waals surface area contributed by atoms with Gasteiger partial charge < -0.3 is 9.67 Å². The molecule has 2 heterocycles. The number of hydrogen-bond acceptors (Lipinski definition) is 3. The number of fused-ring (bicyclic) bond motifs is 1. The zero-order valence-corrected chi connectivity index (χ0v) is 11.8. The molecule has 0 radical (unpaired) electrons. The first-order valence-electron chi connectivity index (χ1n) is 6.96. The van der Waals surface area contributed by atoms with Crippen LogP contribution in [0.4, 0.5) is 10.5 Å². The number of imide groups is 1. The van der Waals surface area contributed by atoms with Gasteiger partial charge in [-0.2, -0.15) is 0 Å². The maximum absolute atomic E-state index is 11.9. The molecule has 7 heteroatoms. The molecule has 7 nitrogen and oxygen atoms in total. The van der Waals surface area contributed by atoms with Crippen molar-refractivity contribution in [1.82, 2.24) is 9.88 Å². The van der Waals surface area contributed by atoms with Gasteiger partial charge in [-0.15, -0.1) is 0 Å². The highest BCUT2D eigenvalue weighted by atomic mass is 16.4. The first-order chi connectivity index (χ1) is 10.5. The maximum atomic E-state index is 11.9.